The van der Waals surface area contributed by atoms with E-state index >= 15 is 0 Å². The van der Waals surface area contributed by atoms with E-state index in [0.717, 1.165) is 25.0 Å². The van der Waals surface area contributed by atoms with Gasteiger partial charge in [-0.05, 0) is 56.7 Å². The largest absolute Gasteiger partial charge is 0.375 e. The number of hydrogen-bond donors (Lipinski definition) is 1. The number of benzene rings is 1. The van der Waals surface area contributed by atoms with E-state index in [2.05, 4.69) is 12.2 Å². The van der Waals surface area contributed by atoms with Gasteiger partial charge in [-0.25, -0.2) is 4.39 Å². The van der Waals surface area contributed by atoms with Crippen molar-refractivity contribution in [3.05, 3.63) is 35.6 Å². The van der Waals surface area contributed by atoms with Crippen molar-refractivity contribution in [1.29, 1.82) is 0 Å². The minimum absolute atomic E-state index is 0.159. The van der Waals surface area contributed by atoms with Crippen LogP contribution in [0.2, 0.25) is 0 Å². The fraction of sp³-hybridized carbons (Fsp3) is 0.625. The lowest BCUT2D eigenvalue weighted by atomic mass is 9.74. The van der Waals surface area contributed by atoms with Crippen molar-refractivity contribution in [3.8, 4) is 0 Å². The molecule has 3 heteroatoms. The summed E-state index contributed by atoms with van der Waals surface area (Å²) in [6.45, 7) is 2.96. The third kappa shape index (κ3) is 2.82. The summed E-state index contributed by atoms with van der Waals surface area (Å²) in [5.74, 6) is -0.159. The molecule has 1 aromatic carbocycles. The third-order valence-electron chi connectivity index (χ3n) is 4.59. The highest BCUT2D eigenvalue weighted by molar-refractivity contribution is 5.19. The lowest BCUT2D eigenvalue weighted by Crippen LogP contribution is -2.51. The van der Waals surface area contributed by atoms with Crippen LogP contribution in [-0.4, -0.2) is 18.2 Å². The zero-order valence-corrected chi connectivity index (χ0v) is 11.5. The molecule has 2 fully saturated rings. The molecule has 104 valence electrons. The van der Waals surface area contributed by atoms with Gasteiger partial charge in [0.15, 0.2) is 0 Å². The standard InChI is InChI=1S/C16H22FNO/c1-12(13-4-2-5-14(17)10-13)18-15-6-9-19-16(11-15)7-3-8-16/h2,4-5,10,12,15,18H,3,6-9,11H2,1H3. The van der Waals surface area contributed by atoms with Crippen LogP contribution in [-0.2, 0) is 4.74 Å². The highest BCUT2D eigenvalue weighted by Gasteiger charge is 2.42. The SMILES string of the molecule is CC(NC1CCOC2(CCC2)C1)c1cccc(F)c1. The molecule has 1 saturated heterocycles. The fourth-order valence-corrected chi connectivity index (χ4v) is 3.32. The fourth-order valence-electron chi connectivity index (χ4n) is 3.32. The van der Waals surface area contributed by atoms with Crippen LogP contribution in [0.15, 0.2) is 24.3 Å². The average molecular weight is 263 g/mol. The Balaban J connectivity index is 1.61. The summed E-state index contributed by atoms with van der Waals surface area (Å²) in [7, 11) is 0. The minimum atomic E-state index is -0.159. The number of halogens is 1. The highest BCUT2D eigenvalue weighted by atomic mass is 19.1. The van der Waals surface area contributed by atoms with Crippen molar-refractivity contribution in [1.82, 2.24) is 5.32 Å². The zero-order chi connectivity index (χ0) is 13.3. The van der Waals surface area contributed by atoms with Crippen LogP contribution in [0.3, 0.4) is 0 Å². The van der Waals surface area contributed by atoms with E-state index in [4.69, 9.17) is 4.74 Å². The van der Waals surface area contributed by atoms with Crippen LogP contribution in [0.25, 0.3) is 0 Å². The first kappa shape index (κ1) is 13.1. The lowest BCUT2D eigenvalue weighted by Gasteiger charge is -2.47. The van der Waals surface area contributed by atoms with E-state index in [9.17, 15) is 4.39 Å². The predicted molar refractivity (Wildman–Crippen MR) is 73.5 cm³/mol. The van der Waals surface area contributed by atoms with Crippen molar-refractivity contribution in [2.75, 3.05) is 6.61 Å². The van der Waals surface area contributed by atoms with Gasteiger partial charge in [-0.1, -0.05) is 12.1 Å². The van der Waals surface area contributed by atoms with E-state index in [1.54, 1.807) is 12.1 Å². The van der Waals surface area contributed by atoms with Gasteiger partial charge in [0.05, 0.1) is 5.60 Å². The van der Waals surface area contributed by atoms with Gasteiger partial charge in [-0.3, -0.25) is 0 Å². The van der Waals surface area contributed by atoms with Crippen molar-refractivity contribution >= 4 is 0 Å². The Morgan fingerprint density at radius 1 is 1.42 bits per heavy atom. The summed E-state index contributed by atoms with van der Waals surface area (Å²) in [5, 5.41) is 3.64. The second kappa shape index (κ2) is 5.22. The van der Waals surface area contributed by atoms with E-state index in [1.165, 1.54) is 25.3 Å². The monoisotopic (exact) mass is 263 g/mol. The molecule has 0 bridgehead atoms. The lowest BCUT2D eigenvalue weighted by molar-refractivity contribution is -0.136. The third-order valence-corrected chi connectivity index (χ3v) is 4.59. The van der Waals surface area contributed by atoms with Crippen molar-refractivity contribution in [2.24, 2.45) is 0 Å². The molecular formula is C16H22FNO. The predicted octanol–water partition coefficient (Wildman–Crippen LogP) is 3.58. The first-order valence-electron chi connectivity index (χ1n) is 7.32. The zero-order valence-electron chi connectivity index (χ0n) is 11.5. The van der Waals surface area contributed by atoms with Gasteiger partial charge in [0.25, 0.3) is 0 Å². The molecule has 19 heavy (non-hydrogen) atoms. The quantitative estimate of drug-likeness (QED) is 0.900. The van der Waals surface area contributed by atoms with Crippen molar-refractivity contribution in [3.63, 3.8) is 0 Å². The van der Waals surface area contributed by atoms with E-state index < -0.39 is 0 Å². The van der Waals surface area contributed by atoms with Crippen LogP contribution in [0, 0.1) is 5.82 Å². The first-order chi connectivity index (χ1) is 9.17. The van der Waals surface area contributed by atoms with E-state index in [0.29, 0.717) is 6.04 Å². The molecule has 2 aliphatic rings. The number of ether oxygens (including phenoxy) is 1. The van der Waals surface area contributed by atoms with Gasteiger partial charge in [-0.15, -0.1) is 0 Å². The molecule has 0 amide bonds. The van der Waals surface area contributed by atoms with Crippen LogP contribution in [0.5, 0.6) is 0 Å². The Labute approximate surface area is 114 Å². The van der Waals surface area contributed by atoms with Gasteiger partial charge in [0.1, 0.15) is 5.82 Å². The van der Waals surface area contributed by atoms with Gasteiger partial charge >= 0.3 is 0 Å². The van der Waals surface area contributed by atoms with Gasteiger partial charge in [-0.2, -0.15) is 0 Å². The maximum Gasteiger partial charge on any atom is 0.123 e. The number of rotatable bonds is 3. The molecule has 1 aliphatic carbocycles. The average Bonchev–Trinajstić information content (AvgIpc) is 2.37. The van der Waals surface area contributed by atoms with Crippen LogP contribution in [0.4, 0.5) is 4.39 Å². The van der Waals surface area contributed by atoms with E-state index in [1.807, 2.05) is 6.07 Å². The van der Waals surface area contributed by atoms with E-state index in [-0.39, 0.29) is 17.5 Å². The maximum atomic E-state index is 13.2. The molecule has 0 radical (unpaired) electrons. The molecule has 1 spiro atoms. The molecule has 1 aliphatic heterocycles. The van der Waals surface area contributed by atoms with Crippen LogP contribution >= 0.6 is 0 Å². The topological polar surface area (TPSA) is 21.3 Å². The molecule has 1 aromatic rings. The summed E-state index contributed by atoms with van der Waals surface area (Å²) in [6.07, 6.45) is 5.87. The van der Waals surface area contributed by atoms with Crippen LogP contribution < -0.4 is 5.32 Å². The van der Waals surface area contributed by atoms with Crippen molar-refractivity contribution < 1.29 is 9.13 Å². The molecule has 0 aromatic heterocycles. The Morgan fingerprint density at radius 2 is 2.26 bits per heavy atom. The second-order valence-corrected chi connectivity index (χ2v) is 6.02. The Hall–Kier alpha value is -0.930. The summed E-state index contributed by atoms with van der Waals surface area (Å²) < 4.78 is 19.2. The summed E-state index contributed by atoms with van der Waals surface area (Å²) in [4.78, 5) is 0. The second-order valence-electron chi connectivity index (χ2n) is 6.02. The Bertz CT molecular complexity index is 444. The highest BCUT2D eigenvalue weighted by Crippen LogP contribution is 2.42. The number of hydrogen-bond acceptors (Lipinski definition) is 2. The summed E-state index contributed by atoms with van der Waals surface area (Å²) in [6, 6.07) is 7.56. The molecule has 1 heterocycles. The van der Waals surface area contributed by atoms with Crippen molar-refractivity contribution in [2.45, 2.75) is 56.7 Å². The Kier molecular flexibility index (Phi) is 3.59. The van der Waals surface area contributed by atoms with Gasteiger partial charge < -0.3 is 10.1 Å². The Morgan fingerprint density at radius 3 is 2.95 bits per heavy atom. The normalized spacial score (nSPS) is 26.9. The van der Waals surface area contributed by atoms with Gasteiger partial charge in [0.2, 0.25) is 0 Å². The van der Waals surface area contributed by atoms with Gasteiger partial charge in [0, 0.05) is 18.7 Å². The molecule has 1 N–H and O–H groups in total. The maximum absolute atomic E-state index is 13.2. The molecule has 1 saturated carbocycles. The molecule has 2 nitrogen and oxygen atoms in total. The number of nitrogens with one attached hydrogen (secondary N) is 1. The molecule has 3 rings (SSSR count). The smallest absolute Gasteiger partial charge is 0.123 e. The minimum Gasteiger partial charge on any atom is -0.375 e. The summed E-state index contributed by atoms with van der Waals surface area (Å²) in [5.41, 5.74) is 1.19. The molecule has 2 atom stereocenters. The summed E-state index contributed by atoms with van der Waals surface area (Å²) >= 11 is 0. The molecular weight excluding hydrogens is 241 g/mol. The molecule has 2 unspecified atom stereocenters. The first-order valence-corrected chi connectivity index (χ1v) is 7.32. The van der Waals surface area contributed by atoms with Crippen LogP contribution in [0.1, 0.15) is 50.6 Å².